The third-order valence-corrected chi connectivity index (χ3v) is 11.2. The van der Waals surface area contributed by atoms with Crippen molar-refractivity contribution in [1.29, 1.82) is 0 Å². The number of imidazole rings is 2. The van der Waals surface area contributed by atoms with Gasteiger partial charge in [-0.05, 0) is 76.9 Å². The first-order chi connectivity index (χ1) is 25.4. The van der Waals surface area contributed by atoms with Crippen LogP contribution < -0.4 is 5.32 Å². The number of hydrogen-bond acceptors (Lipinski definition) is 7. The minimum absolute atomic E-state index is 0.124. The van der Waals surface area contributed by atoms with Gasteiger partial charge in [-0.15, -0.1) is 0 Å². The van der Waals surface area contributed by atoms with Crippen molar-refractivity contribution >= 4 is 23.5 Å². The van der Waals surface area contributed by atoms with E-state index in [0.717, 1.165) is 54.0 Å². The molecule has 4 atom stereocenters. The minimum Gasteiger partial charge on any atom is -0.453 e. The monoisotopic (exact) mass is 724 g/mol. The highest BCUT2D eigenvalue weighted by atomic mass is 16.5. The molecule has 2 aromatic heterocycles. The zero-order valence-electron chi connectivity index (χ0n) is 32.3. The van der Waals surface area contributed by atoms with Crippen LogP contribution in [-0.2, 0) is 19.7 Å². The number of alkyl carbamates (subject to hydrolysis) is 1. The third-order valence-electron chi connectivity index (χ3n) is 11.2. The summed E-state index contributed by atoms with van der Waals surface area (Å²) in [6.45, 7) is 14.0. The van der Waals surface area contributed by atoms with Gasteiger partial charge in [0, 0.05) is 37.6 Å². The second-order valence-corrected chi connectivity index (χ2v) is 15.6. The van der Waals surface area contributed by atoms with Crippen LogP contribution in [0.2, 0.25) is 0 Å². The van der Waals surface area contributed by atoms with E-state index in [1.165, 1.54) is 7.11 Å². The molecule has 53 heavy (non-hydrogen) atoms. The van der Waals surface area contributed by atoms with Crippen LogP contribution in [-0.4, -0.2) is 97.4 Å². The summed E-state index contributed by atoms with van der Waals surface area (Å²) in [5.74, 6) is 1.37. The molecule has 3 aliphatic rings. The van der Waals surface area contributed by atoms with Crippen LogP contribution in [0.5, 0.6) is 0 Å². The molecule has 2 aliphatic heterocycles. The quantitative estimate of drug-likeness (QED) is 0.200. The summed E-state index contributed by atoms with van der Waals surface area (Å²) in [5.41, 5.74) is 3.44. The second kappa shape index (κ2) is 16.1. The molecule has 1 unspecified atom stereocenters. The number of methoxy groups -OCH3 is 1. The molecule has 3 aromatic rings. The molecule has 6 rings (SSSR count). The summed E-state index contributed by atoms with van der Waals surface area (Å²) in [7, 11) is 1.30. The zero-order valence-corrected chi connectivity index (χ0v) is 32.3. The number of nitrogens with one attached hydrogen (secondary N) is 3. The number of likely N-dealkylation sites (tertiary alicyclic amines) is 2. The van der Waals surface area contributed by atoms with Crippen molar-refractivity contribution in [2.24, 2.45) is 5.92 Å². The summed E-state index contributed by atoms with van der Waals surface area (Å²) >= 11 is 0. The normalized spacial score (nSPS) is 22.3. The van der Waals surface area contributed by atoms with Crippen molar-refractivity contribution in [2.45, 2.75) is 109 Å². The summed E-state index contributed by atoms with van der Waals surface area (Å²) in [6.07, 6.45) is 13.8. The van der Waals surface area contributed by atoms with E-state index in [0.29, 0.717) is 31.9 Å². The Morgan fingerprint density at radius 3 is 2.02 bits per heavy atom. The van der Waals surface area contributed by atoms with Crippen molar-refractivity contribution in [3.8, 4) is 0 Å². The molecular weight excluding hydrogens is 669 g/mol. The lowest BCUT2D eigenvalue weighted by Gasteiger charge is -2.33. The predicted molar refractivity (Wildman–Crippen MR) is 205 cm³/mol. The van der Waals surface area contributed by atoms with Gasteiger partial charge in [0.1, 0.15) is 17.7 Å². The Morgan fingerprint density at radius 2 is 1.49 bits per heavy atom. The Morgan fingerprint density at radius 1 is 0.906 bits per heavy atom. The van der Waals surface area contributed by atoms with Crippen LogP contribution in [0.1, 0.15) is 114 Å². The van der Waals surface area contributed by atoms with E-state index in [-0.39, 0.29) is 41.9 Å². The number of aromatic amines is 2. The van der Waals surface area contributed by atoms with E-state index >= 15 is 0 Å². The van der Waals surface area contributed by atoms with Crippen LogP contribution in [0.25, 0.3) is 5.57 Å². The maximum absolute atomic E-state index is 13.9. The fourth-order valence-corrected chi connectivity index (χ4v) is 8.24. The summed E-state index contributed by atoms with van der Waals surface area (Å²) in [5, 5.41) is 2.73. The zero-order chi connectivity index (χ0) is 37.9. The smallest absolute Gasteiger partial charge is 0.407 e. The molecular formula is C41H56N8O4. The molecule has 3 amide bonds. The number of carbonyl (C=O) groups is 3. The van der Waals surface area contributed by atoms with Crippen LogP contribution >= 0.6 is 0 Å². The number of rotatable bonds is 12. The predicted octanol–water partition coefficient (Wildman–Crippen LogP) is 6.29. The molecule has 1 aromatic carbocycles. The molecule has 12 nitrogen and oxygen atoms in total. The Labute approximate surface area is 313 Å². The first-order valence-electron chi connectivity index (χ1n) is 19.2. The van der Waals surface area contributed by atoms with Crippen LogP contribution in [0.15, 0.2) is 61.0 Å². The Bertz CT molecular complexity index is 1800. The fourth-order valence-electron chi connectivity index (χ4n) is 8.24. The van der Waals surface area contributed by atoms with Crippen molar-refractivity contribution < 1.29 is 19.1 Å². The second-order valence-electron chi connectivity index (χ2n) is 15.6. The SMILES string of the molecule is COC(=O)N[C@H](C(=O)N1CCC[C@H]1c1ncc(C2(c3cnc([C@@H]4CCCN4C(=O)CN(C(C)C)C(C)C)[nH]3)C=CC(c3ccccc3)=CC2)[nH]1)C(C)C. The van der Waals surface area contributed by atoms with Gasteiger partial charge in [-0.1, -0.05) is 62.4 Å². The molecule has 3 N–H and O–H groups in total. The van der Waals surface area contributed by atoms with Gasteiger partial charge in [0.05, 0.1) is 42.5 Å². The number of ether oxygens (including phenoxy) is 1. The highest BCUT2D eigenvalue weighted by Crippen LogP contribution is 2.43. The van der Waals surface area contributed by atoms with E-state index in [2.05, 4.69) is 78.2 Å². The molecule has 12 heteroatoms. The largest absolute Gasteiger partial charge is 0.453 e. The lowest BCUT2D eigenvalue weighted by atomic mass is 9.74. The van der Waals surface area contributed by atoms with Gasteiger partial charge in [-0.25, -0.2) is 14.8 Å². The number of carbonyl (C=O) groups excluding carboxylic acids is 3. The molecule has 2 saturated heterocycles. The molecule has 0 spiro atoms. The number of aromatic nitrogens is 4. The van der Waals surface area contributed by atoms with Crippen LogP contribution in [0.3, 0.4) is 0 Å². The number of allylic oxidation sites excluding steroid dienone is 4. The van der Waals surface area contributed by atoms with Gasteiger partial charge in [-0.2, -0.15) is 0 Å². The average Bonchev–Trinajstić information content (AvgIpc) is 3.99. The average molecular weight is 725 g/mol. The van der Waals surface area contributed by atoms with E-state index in [1.807, 2.05) is 54.2 Å². The first-order valence-corrected chi connectivity index (χ1v) is 19.2. The molecule has 2 fully saturated rings. The molecule has 4 heterocycles. The van der Waals surface area contributed by atoms with Gasteiger partial charge in [0.25, 0.3) is 0 Å². The maximum atomic E-state index is 13.9. The Balaban J connectivity index is 1.31. The molecule has 1 aliphatic carbocycles. The van der Waals surface area contributed by atoms with E-state index < -0.39 is 17.6 Å². The third kappa shape index (κ3) is 7.83. The Hall–Kier alpha value is -4.71. The van der Waals surface area contributed by atoms with Gasteiger partial charge in [-0.3, -0.25) is 14.5 Å². The number of H-pyrrole nitrogens is 2. The lowest BCUT2D eigenvalue weighted by molar-refractivity contribution is -0.135. The van der Waals surface area contributed by atoms with E-state index in [4.69, 9.17) is 14.7 Å². The highest BCUT2D eigenvalue weighted by molar-refractivity contribution is 5.86. The van der Waals surface area contributed by atoms with Gasteiger partial charge in [0.2, 0.25) is 11.8 Å². The van der Waals surface area contributed by atoms with Crippen LogP contribution in [0, 0.1) is 5.92 Å². The lowest BCUT2D eigenvalue weighted by Crippen LogP contribution is -2.51. The number of nitrogens with zero attached hydrogens (tertiary/aromatic N) is 5. The number of hydrogen-bond donors (Lipinski definition) is 3. The molecule has 0 radical (unpaired) electrons. The van der Waals surface area contributed by atoms with Crippen molar-refractivity contribution in [1.82, 2.24) is 40.0 Å². The van der Waals surface area contributed by atoms with E-state index in [1.54, 1.807) is 0 Å². The van der Waals surface area contributed by atoms with Crippen molar-refractivity contribution in [2.75, 3.05) is 26.7 Å². The first kappa shape index (κ1) is 38.0. The summed E-state index contributed by atoms with van der Waals surface area (Å²) < 4.78 is 4.82. The molecule has 0 bridgehead atoms. The minimum atomic E-state index is -0.712. The topological polar surface area (TPSA) is 140 Å². The van der Waals surface area contributed by atoms with E-state index in [9.17, 15) is 14.4 Å². The maximum Gasteiger partial charge on any atom is 0.407 e. The fraction of sp³-hybridized carbons (Fsp3) is 0.537. The van der Waals surface area contributed by atoms with Gasteiger partial charge >= 0.3 is 6.09 Å². The van der Waals surface area contributed by atoms with Gasteiger partial charge in [0.15, 0.2) is 0 Å². The van der Waals surface area contributed by atoms with Crippen LogP contribution in [0.4, 0.5) is 4.79 Å². The molecule has 0 saturated carbocycles. The van der Waals surface area contributed by atoms with Gasteiger partial charge < -0.3 is 29.8 Å². The summed E-state index contributed by atoms with van der Waals surface area (Å²) in [6, 6.07) is 9.77. The van der Waals surface area contributed by atoms with Crippen molar-refractivity contribution in [3.63, 3.8) is 0 Å². The number of benzene rings is 1. The number of amides is 3. The highest BCUT2D eigenvalue weighted by Gasteiger charge is 2.42. The molecule has 284 valence electrons. The summed E-state index contributed by atoms with van der Waals surface area (Å²) in [4.78, 5) is 63.0. The standard InChI is InChI=1S/C41H56N8O4/c1-26(2)36(46-40(52)53-7)39(51)48-22-12-16-32(48)38-43-24-34(45-38)41(19-17-30(18-20-41)29-13-9-8-10-14-29)33-23-42-37(44-33)31-15-11-21-47(31)35(50)25-49(27(3)4)28(5)6/h8-10,13-14,17-19,23-24,26-28,31-32,36H,11-12,15-16,20-22,25H2,1-7H3,(H,42,44)(H,43,45)(H,46,52)/t31-,32-,36-,41?/m0/s1. The Kier molecular flexibility index (Phi) is 11.6. The van der Waals surface area contributed by atoms with Crippen molar-refractivity contribution in [3.05, 3.63) is 89.6 Å².